The zero-order valence-electron chi connectivity index (χ0n) is 22.3. The number of rotatable bonds is 11. The summed E-state index contributed by atoms with van der Waals surface area (Å²) >= 11 is 0. The zero-order valence-corrected chi connectivity index (χ0v) is 22.3. The third-order valence-corrected chi connectivity index (χ3v) is 7.23. The third kappa shape index (κ3) is 5.55. The predicted octanol–water partition coefficient (Wildman–Crippen LogP) is 5.93. The highest BCUT2D eigenvalue weighted by atomic mass is 16.5. The Bertz CT molecular complexity index is 1330. The highest BCUT2D eigenvalue weighted by Gasteiger charge is 2.51. The SMILES string of the molecule is CCCC(C)Cc1ccc2oc(C3(CC(C)Cc4ccc(OC)cc4C(C)=O)NC(=O)NC3=O)cc2c1. The number of Topliss-reactive ketones (excluding diaryl/α,β-unsaturated/α-hetero) is 1. The Morgan fingerprint density at radius 3 is 2.49 bits per heavy atom. The second-order valence-electron chi connectivity index (χ2n) is 10.5. The van der Waals surface area contributed by atoms with Crippen molar-refractivity contribution in [1.82, 2.24) is 10.6 Å². The van der Waals surface area contributed by atoms with Crippen molar-refractivity contribution in [2.75, 3.05) is 7.11 Å². The van der Waals surface area contributed by atoms with Crippen molar-refractivity contribution in [2.24, 2.45) is 11.8 Å². The smallest absolute Gasteiger partial charge is 0.322 e. The molecule has 37 heavy (non-hydrogen) atoms. The Kier molecular flexibility index (Phi) is 7.71. The van der Waals surface area contributed by atoms with Crippen LogP contribution in [0.1, 0.15) is 74.2 Å². The van der Waals surface area contributed by atoms with Gasteiger partial charge in [0.1, 0.15) is 17.1 Å². The van der Waals surface area contributed by atoms with Crippen LogP contribution < -0.4 is 15.4 Å². The lowest BCUT2D eigenvalue weighted by atomic mass is 9.82. The number of furan rings is 1. The molecule has 0 aliphatic carbocycles. The van der Waals surface area contributed by atoms with Gasteiger partial charge in [-0.1, -0.05) is 45.7 Å². The number of imide groups is 1. The van der Waals surface area contributed by atoms with Crippen LogP contribution in [0.2, 0.25) is 0 Å². The van der Waals surface area contributed by atoms with Crippen LogP contribution >= 0.6 is 0 Å². The van der Waals surface area contributed by atoms with E-state index < -0.39 is 17.5 Å². The topological polar surface area (TPSA) is 97.6 Å². The summed E-state index contributed by atoms with van der Waals surface area (Å²) in [4.78, 5) is 37.8. The molecule has 1 aliphatic heterocycles. The quantitative estimate of drug-likeness (QED) is 0.249. The van der Waals surface area contributed by atoms with Crippen molar-refractivity contribution in [3.8, 4) is 5.75 Å². The number of ether oxygens (including phenoxy) is 1. The number of amides is 3. The van der Waals surface area contributed by atoms with Crippen molar-refractivity contribution in [3.63, 3.8) is 0 Å². The molecule has 1 saturated heterocycles. The Labute approximate surface area is 217 Å². The van der Waals surface area contributed by atoms with E-state index in [4.69, 9.17) is 9.15 Å². The molecule has 2 heterocycles. The lowest BCUT2D eigenvalue weighted by Crippen LogP contribution is -2.45. The average molecular weight is 505 g/mol. The molecule has 0 bridgehead atoms. The first-order chi connectivity index (χ1) is 17.6. The molecule has 3 aromatic rings. The minimum absolute atomic E-state index is 0.0518. The number of benzene rings is 2. The summed E-state index contributed by atoms with van der Waals surface area (Å²) in [6, 6.07) is 12.9. The van der Waals surface area contributed by atoms with Gasteiger partial charge in [-0.2, -0.15) is 0 Å². The van der Waals surface area contributed by atoms with Crippen LogP contribution in [0, 0.1) is 11.8 Å². The molecule has 4 rings (SSSR count). The van der Waals surface area contributed by atoms with Crippen LogP contribution in [0.5, 0.6) is 5.75 Å². The number of urea groups is 1. The molecular weight excluding hydrogens is 468 g/mol. The standard InChI is InChI=1S/C30H36N2O5/c1-6-7-18(2)12-21-8-11-26-23(14-21)15-27(37-26)30(28(34)31-29(35)32-30)17-19(3)13-22-9-10-24(36-5)16-25(22)20(4)33/h8-11,14-16,18-19H,6-7,12-13,17H2,1-5H3,(H2,31,32,34,35). The van der Waals surface area contributed by atoms with Crippen LogP contribution in [0.15, 0.2) is 46.9 Å². The van der Waals surface area contributed by atoms with Gasteiger partial charge in [-0.3, -0.25) is 14.9 Å². The molecule has 196 valence electrons. The summed E-state index contributed by atoms with van der Waals surface area (Å²) < 4.78 is 11.5. The molecule has 3 unspecified atom stereocenters. The van der Waals surface area contributed by atoms with E-state index in [1.54, 1.807) is 13.2 Å². The lowest BCUT2D eigenvalue weighted by Gasteiger charge is -2.27. The Morgan fingerprint density at radius 2 is 1.84 bits per heavy atom. The Morgan fingerprint density at radius 1 is 1.05 bits per heavy atom. The molecule has 0 radical (unpaired) electrons. The van der Waals surface area contributed by atoms with Gasteiger partial charge in [0.05, 0.1) is 7.11 Å². The fourth-order valence-electron chi connectivity index (χ4n) is 5.50. The first kappa shape index (κ1) is 26.5. The number of methoxy groups -OCH3 is 1. The molecule has 7 heteroatoms. The number of fused-ring (bicyclic) bond motifs is 1. The molecule has 1 fully saturated rings. The van der Waals surface area contributed by atoms with Crippen molar-refractivity contribution in [3.05, 3.63) is 64.9 Å². The highest BCUT2D eigenvalue weighted by Crippen LogP contribution is 2.37. The molecule has 2 N–H and O–H groups in total. The van der Waals surface area contributed by atoms with Crippen LogP contribution in [0.25, 0.3) is 11.0 Å². The minimum Gasteiger partial charge on any atom is -0.497 e. The van der Waals surface area contributed by atoms with E-state index in [0.717, 1.165) is 23.8 Å². The second kappa shape index (κ2) is 10.8. The van der Waals surface area contributed by atoms with Crippen molar-refractivity contribution < 1.29 is 23.5 Å². The van der Waals surface area contributed by atoms with Crippen molar-refractivity contribution in [2.45, 2.75) is 65.3 Å². The van der Waals surface area contributed by atoms with Crippen LogP contribution in [0.4, 0.5) is 4.79 Å². The van der Waals surface area contributed by atoms with E-state index in [1.807, 2.05) is 31.2 Å². The van der Waals surface area contributed by atoms with Gasteiger partial charge in [0, 0.05) is 10.9 Å². The number of hydrogen-bond acceptors (Lipinski definition) is 5. The summed E-state index contributed by atoms with van der Waals surface area (Å²) in [5, 5.41) is 6.15. The van der Waals surface area contributed by atoms with Gasteiger partial charge >= 0.3 is 6.03 Å². The van der Waals surface area contributed by atoms with Gasteiger partial charge in [-0.15, -0.1) is 0 Å². The van der Waals surface area contributed by atoms with E-state index in [2.05, 4.69) is 36.6 Å². The molecule has 7 nitrogen and oxygen atoms in total. The fourth-order valence-corrected chi connectivity index (χ4v) is 5.50. The van der Waals surface area contributed by atoms with E-state index in [9.17, 15) is 14.4 Å². The number of ketones is 1. The number of carbonyl (C=O) groups is 3. The summed E-state index contributed by atoms with van der Waals surface area (Å²) in [6.07, 6.45) is 4.16. The van der Waals surface area contributed by atoms with Gasteiger partial charge in [0.2, 0.25) is 0 Å². The van der Waals surface area contributed by atoms with Gasteiger partial charge in [-0.25, -0.2) is 4.79 Å². The van der Waals surface area contributed by atoms with Gasteiger partial charge in [0.15, 0.2) is 11.3 Å². The molecule has 2 aromatic carbocycles. The summed E-state index contributed by atoms with van der Waals surface area (Å²) in [7, 11) is 1.56. The molecule has 3 atom stereocenters. The largest absolute Gasteiger partial charge is 0.497 e. The molecule has 3 amide bonds. The first-order valence-corrected chi connectivity index (χ1v) is 13.0. The minimum atomic E-state index is -1.33. The monoisotopic (exact) mass is 504 g/mol. The maximum Gasteiger partial charge on any atom is 0.322 e. The van der Waals surface area contributed by atoms with Crippen LogP contribution in [-0.2, 0) is 23.2 Å². The maximum atomic E-state index is 13.2. The summed E-state index contributed by atoms with van der Waals surface area (Å²) in [5.74, 6) is 1.07. The predicted molar refractivity (Wildman–Crippen MR) is 143 cm³/mol. The second-order valence-corrected chi connectivity index (χ2v) is 10.5. The van der Waals surface area contributed by atoms with E-state index in [-0.39, 0.29) is 11.7 Å². The Balaban J connectivity index is 1.63. The lowest BCUT2D eigenvalue weighted by molar-refractivity contribution is -0.125. The van der Waals surface area contributed by atoms with Gasteiger partial charge < -0.3 is 14.5 Å². The molecule has 0 spiro atoms. The number of nitrogens with one attached hydrogen (secondary N) is 2. The molecule has 1 aromatic heterocycles. The highest BCUT2D eigenvalue weighted by molar-refractivity contribution is 6.07. The third-order valence-electron chi connectivity index (χ3n) is 7.23. The first-order valence-electron chi connectivity index (χ1n) is 13.0. The summed E-state index contributed by atoms with van der Waals surface area (Å²) in [5.41, 5.74) is 2.04. The maximum absolute atomic E-state index is 13.2. The van der Waals surface area contributed by atoms with E-state index in [0.29, 0.717) is 41.4 Å². The number of carbonyl (C=O) groups excluding carboxylic acids is 3. The van der Waals surface area contributed by atoms with Gasteiger partial charge in [0.25, 0.3) is 5.91 Å². The number of hydrogen-bond donors (Lipinski definition) is 2. The average Bonchev–Trinajstić information content (AvgIpc) is 3.39. The van der Waals surface area contributed by atoms with Crippen molar-refractivity contribution >= 4 is 28.7 Å². The van der Waals surface area contributed by atoms with Gasteiger partial charge in [-0.05, 0) is 79.5 Å². The van der Waals surface area contributed by atoms with Crippen LogP contribution in [0.3, 0.4) is 0 Å². The zero-order chi connectivity index (χ0) is 26.7. The van der Waals surface area contributed by atoms with E-state index in [1.165, 1.54) is 18.9 Å². The molecule has 1 aliphatic rings. The Hall–Kier alpha value is -3.61. The van der Waals surface area contributed by atoms with Crippen LogP contribution in [-0.4, -0.2) is 24.8 Å². The van der Waals surface area contributed by atoms with E-state index >= 15 is 0 Å². The van der Waals surface area contributed by atoms with Crippen molar-refractivity contribution in [1.29, 1.82) is 0 Å². The molecule has 0 saturated carbocycles. The molecular formula is C30H36N2O5. The fraction of sp³-hybridized carbons (Fsp3) is 0.433. The normalized spacial score (nSPS) is 18.9. The summed E-state index contributed by atoms with van der Waals surface area (Å²) in [6.45, 7) is 7.98.